The van der Waals surface area contributed by atoms with Crippen LogP contribution in [0.15, 0.2) is 51.8 Å². The topological polar surface area (TPSA) is 84.5 Å². The number of ether oxygens (including phenoxy) is 1. The predicted octanol–water partition coefficient (Wildman–Crippen LogP) is 2.61. The lowest BCUT2D eigenvalue weighted by atomic mass is 10.1. The maximum atomic E-state index is 12.0. The van der Waals surface area contributed by atoms with Crippen molar-refractivity contribution in [3.63, 3.8) is 0 Å². The highest BCUT2D eigenvalue weighted by Crippen LogP contribution is 2.25. The lowest BCUT2D eigenvalue weighted by molar-refractivity contribution is -0.121. The molecule has 2 aromatic rings. The zero-order valence-electron chi connectivity index (χ0n) is 14.6. The van der Waals surface area contributed by atoms with Crippen LogP contribution in [0.3, 0.4) is 0 Å². The molecule has 0 aliphatic rings. The number of benzene rings is 2. The predicted molar refractivity (Wildman–Crippen MR) is 104 cm³/mol. The summed E-state index contributed by atoms with van der Waals surface area (Å²) >= 11 is 3.43. The molecule has 0 aliphatic carbocycles. The third-order valence-electron chi connectivity index (χ3n) is 3.85. The highest BCUT2D eigenvalue weighted by Gasteiger charge is 2.10. The minimum atomic E-state index is -3.44. The quantitative estimate of drug-likeness (QED) is 0.660. The average Bonchev–Trinajstić information content (AvgIpc) is 2.65. The summed E-state index contributed by atoms with van der Waals surface area (Å²) in [6.07, 6.45) is 0.985. The first kappa shape index (κ1) is 20.4. The van der Waals surface area contributed by atoms with E-state index in [1.807, 2.05) is 18.2 Å². The third-order valence-corrected chi connectivity index (χ3v) is 5.90. The number of halogens is 1. The van der Waals surface area contributed by atoms with Crippen LogP contribution in [0.2, 0.25) is 0 Å². The van der Waals surface area contributed by atoms with Crippen molar-refractivity contribution in [2.45, 2.75) is 24.3 Å². The van der Waals surface area contributed by atoms with Gasteiger partial charge in [0.1, 0.15) is 5.75 Å². The fraction of sp³-hybridized carbons (Fsp3) is 0.278. The van der Waals surface area contributed by atoms with Crippen molar-refractivity contribution in [2.24, 2.45) is 0 Å². The van der Waals surface area contributed by atoms with Crippen LogP contribution in [0.4, 0.5) is 0 Å². The average molecular weight is 441 g/mol. The summed E-state index contributed by atoms with van der Waals surface area (Å²) in [6.45, 7) is 0.352. The molecule has 0 aromatic heterocycles. The number of rotatable bonds is 8. The first-order valence-corrected chi connectivity index (χ1v) is 10.2. The normalized spacial score (nSPS) is 11.2. The van der Waals surface area contributed by atoms with E-state index < -0.39 is 10.0 Å². The molecule has 140 valence electrons. The minimum Gasteiger partial charge on any atom is -0.496 e. The van der Waals surface area contributed by atoms with Crippen LogP contribution in [-0.4, -0.2) is 28.5 Å². The largest absolute Gasteiger partial charge is 0.496 e. The lowest BCUT2D eigenvalue weighted by Gasteiger charge is -2.08. The number of hydrogen-bond acceptors (Lipinski definition) is 4. The van der Waals surface area contributed by atoms with Gasteiger partial charge in [0, 0.05) is 13.0 Å². The molecule has 0 atom stereocenters. The molecule has 0 heterocycles. The van der Waals surface area contributed by atoms with E-state index >= 15 is 0 Å². The first-order valence-electron chi connectivity index (χ1n) is 7.97. The maximum absolute atomic E-state index is 12.0. The number of carbonyl (C=O) groups is 1. The number of carbonyl (C=O) groups excluding carboxylic acids is 1. The molecule has 1 amide bonds. The van der Waals surface area contributed by atoms with Gasteiger partial charge in [0.15, 0.2) is 0 Å². The molecule has 0 spiro atoms. The molecule has 2 aromatic carbocycles. The Labute approximate surface area is 162 Å². The zero-order chi connectivity index (χ0) is 19.2. The van der Waals surface area contributed by atoms with E-state index in [4.69, 9.17) is 4.74 Å². The summed E-state index contributed by atoms with van der Waals surface area (Å²) in [5.41, 5.74) is 1.87. The molecule has 2 N–H and O–H groups in total. The van der Waals surface area contributed by atoms with Gasteiger partial charge in [-0.2, -0.15) is 0 Å². The molecule has 0 bridgehead atoms. The van der Waals surface area contributed by atoms with Gasteiger partial charge < -0.3 is 10.1 Å². The first-order chi connectivity index (χ1) is 12.4. The summed E-state index contributed by atoms with van der Waals surface area (Å²) in [7, 11) is -0.473. The van der Waals surface area contributed by atoms with Crippen molar-refractivity contribution in [1.82, 2.24) is 10.0 Å². The molecule has 0 aliphatic heterocycles. The fourth-order valence-electron chi connectivity index (χ4n) is 2.32. The standard InChI is InChI=1S/C18H21BrN2O4S/c1-20-26(23,24)15-7-3-14(4-8-15)12-21-18(22)10-6-13-5-9-17(25-2)16(19)11-13/h3-5,7-9,11,20H,6,10,12H2,1-2H3,(H,21,22). The van der Waals surface area contributed by atoms with Crippen molar-refractivity contribution >= 4 is 31.9 Å². The monoisotopic (exact) mass is 440 g/mol. The van der Waals surface area contributed by atoms with Crippen LogP contribution >= 0.6 is 15.9 Å². The molecule has 0 fully saturated rings. The van der Waals surface area contributed by atoms with Crippen molar-refractivity contribution < 1.29 is 17.9 Å². The van der Waals surface area contributed by atoms with Gasteiger partial charge in [-0.25, -0.2) is 13.1 Å². The Kier molecular flexibility index (Phi) is 7.19. The van der Waals surface area contributed by atoms with Crippen LogP contribution < -0.4 is 14.8 Å². The number of nitrogens with one attached hydrogen (secondary N) is 2. The van der Waals surface area contributed by atoms with Crippen LogP contribution in [0.1, 0.15) is 17.5 Å². The Balaban J connectivity index is 1.84. The van der Waals surface area contributed by atoms with Crippen LogP contribution in [0.25, 0.3) is 0 Å². The number of sulfonamides is 1. The second kappa shape index (κ2) is 9.16. The van der Waals surface area contributed by atoms with E-state index in [1.54, 1.807) is 19.2 Å². The zero-order valence-corrected chi connectivity index (χ0v) is 17.0. The minimum absolute atomic E-state index is 0.0659. The summed E-state index contributed by atoms with van der Waals surface area (Å²) in [5.74, 6) is 0.686. The second-order valence-electron chi connectivity index (χ2n) is 5.60. The van der Waals surface area contributed by atoms with Crippen molar-refractivity contribution in [2.75, 3.05) is 14.2 Å². The SMILES string of the molecule is CNS(=O)(=O)c1ccc(CNC(=O)CCc2ccc(OC)c(Br)c2)cc1. The van der Waals surface area contributed by atoms with Gasteiger partial charge in [-0.1, -0.05) is 18.2 Å². The Morgan fingerprint density at radius 3 is 2.35 bits per heavy atom. The number of aryl methyl sites for hydroxylation is 1. The van der Waals surface area contributed by atoms with E-state index in [0.29, 0.717) is 19.4 Å². The van der Waals surface area contributed by atoms with Crippen molar-refractivity contribution in [1.29, 1.82) is 0 Å². The van der Waals surface area contributed by atoms with Gasteiger partial charge in [0.2, 0.25) is 15.9 Å². The van der Waals surface area contributed by atoms with E-state index in [0.717, 1.165) is 21.3 Å². The molecular weight excluding hydrogens is 420 g/mol. The van der Waals surface area contributed by atoms with Crippen molar-refractivity contribution in [3.8, 4) is 5.75 Å². The molecule has 0 unspecified atom stereocenters. The van der Waals surface area contributed by atoms with Crippen LogP contribution in [0.5, 0.6) is 5.75 Å². The van der Waals surface area contributed by atoms with Gasteiger partial charge in [0.05, 0.1) is 16.5 Å². The van der Waals surface area contributed by atoms with E-state index in [2.05, 4.69) is 26.0 Å². The van der Waals surface area contributed by atoms with Gasteiger partial charge in [0.25, 0.3) is 0 Å². The summed E-state index contributed by atoms with van der Waals surface area (Å²) in [6, 6.07) is 12.1. The van der Waals surface area contributed by atoms with Gasteiger partial charge in [-0.3, -0.25) is 4.79 Å². The molecule has 2 rings (SSSR count). The number of methoxy groups -OCH3 is 1. The van der Waals surface area contributed by atoms with Gasteiger partial charge >= 0.3 is 0 Å². The van der Waals surface area contributed by atoms with Crippen molar-refractivity contribution in [3.05, 3.63) is 58.1 Å². The maximum Gasteiger partial charge on any atom is 0.240 e. The third kappa shape index (κ3) is 5.55. The molecule has 0 radical (unpaired) electrons. The fourth-order valence-corrected chi connectivity index (χ4v) is 3.63. The number of hydrogen-bond donors (Lipinski definition) is 2. The molecule has 6 nitrogen and oxygen atoms in total. The Morgan fingerprint density at radius 2 is 1.77 bits per heavy atom. The van der Waals surface area contributed by atoms with Crippen LogP contribution in [-0.2, 0) is 27.8 Å². The van der Waals surface area contributed by atoms with E-state index in [-0.39, 0.29) is 10.8 Å². The highest BCUT2D eigenvalue weighted by molar-refractivity contribution is 9.10. The molecular formula is C18H21BrN2O4S. The Hall–Kier alpha value is -1.90. The summed E-state index contributed by atoms with van der Waals surface area (Å²) in [4.78, 5) is 12.2. The molecule has 0 saturated heterocycles. The summed E-state index contributed by atoms with van der Waals surface area (Å²) < 4.78 is 31.6. The summed E-state index contributed by atoms with van der Waals surface area (Å²) in [5, 5.41) is 2.84. The van der Waals surface area contributed by atoms with E-state index in [9.17, 15) is 13.2 Å². The van der Waals surface area contributed by atoms with Crippen LogP contribution in [0, 0.1) is 0 Å². The lowest BCUT2D eigenvalue weighted by Crippen LogP contribution is -2.23. The molecule has 26 heavy (non-hydrogen) atoms. The highest BCUT2D eigenvalue weighted by atomic mass is 79.9. The van der Waals surface area contributed by atoms with Gasteiger partial charge in [-0.05, 0) is 64.8 Å². The Morgan fingerprint density at radius 1 is 1.12 bits per heavy atom. The molecule has 0 saturated carbocycles. The van der Waals surface area contributed by atoms with E-state index in [1.165, 1.54) is 19.2 Å². The molecule has 8 heteroatoms. The number of amides is 1. The van der Waals surface area contributed by atoms with Gasteiger partial charge in [-0.15, -0.1) is 0 Å². The smallest absolute Gasteiger partial charge is 0.240 e. The Bertz CT molecular complexity index is 867. The second-order valence-corrected chi connectivity index (χ2v) is 8.34.